The molecule has 0 unspecified atom stereocenters. The van der Waals surface area contributed by atoms with Gasteiger partial charge in [0.15, 0.2) is 5.69 Å². The number of alkyl halides is 3. The van der Waals surface area contributed by atoms with Crippen LogP contribution in [0.5, 0.6) is 0 Å². The van der Waals surface area contributed by atoms with Crippen molar-refractivity contribution in [1.82, 2.24) is 20.2 Å². The molecule has 2 heterocycles. The molecule has 0 bridgehead atoms. The molecule has 23 heavy (non-hydrogen) atoms. The average Bonchev–Trinajstić information content (AvgIpc) is 2.97. The van der Waals surface area contributed by atoms with Crippen molar-refractivity contribution in [3.05, 3.63) is 46.2 Å². The number of hydrogen-bond acceptors (Lipinski definition) is 4. The lowest BCUT2D eigenvalue weighted by Crippen LogP contribution is -2.37. The van der Waals surface area contributed by atoms with Crippen molar-refractivity contribution in [1.29, 1.82) is 0 Å². The van der Waals surface area contributed by atoms with Crippen molar-refractivity contribution < 1.29 is 18.0 Å². The molecular formula is C14H15F3N4OS. The molecule has 0 atom stereocenters. The number of carbonyl (C=O) groups excluding carboxylic acids is 1. The van der Waals surface area contributed by atoms with Crippen LogP contribution in [0.2, 0.25) is 0 Å². The summed E-state index contributed by atoms with van der Waals surface area (Å²) in [6.45, 7) is 0.647. The van der Waals surface area contributed by atoms with Crippen LogP contribution in [0.25, 0.3) is 0 Å². The van der Waals surface area contributed by atoms with Gasteiger partial charge in [-0.2, -0.15) is 13.2 Å². The van der Waals surface area contributed by atoms with Crippen LogP contribution in [0.4, 0.5) is 18.0 Å². The molecule has 0 aliphatic heterocycles. The number of nitrogens with zero attached hydrogens (tertiary/aromatic N) is 3. The summed E-state index contributed by atoms with van der Waals surface area (Å²) in [7, 11) is 1.64. The quantitative estimate of drug-likeness (QED) is 0.907. The summed E-state index contributed by atoms with van der Waals surface area (Å²) >= 11 is 0.936. The van der Waals surface area contributed by atoms with E-state index in [1.807, 2.05) is 0 Å². The third kappa shape index (κ3) is 5.20. The highest BCUT2D eigenvalue weighted by atomic mass is 32.1. The minimum absolute atomic E-state index is 0.227. The van der Waals surface area contributed by atoms with Gasteiger partial charge in [0.05, 0.1) is 5.01 Å². The molecule has 2 aromatic heterocycles. The molecule has 2 amide bonds. The number of carbonyl (C=O) groups is 1. The van der Waals surface area contributed by atoms with Crippen LogP contribution in [0.15, 0.2) is 29.9 Å². The summed E-state index contributed by atoms with van der Waals surface area (Å²) in [4.78, 5) is 20.8. The van der Waals surface area contributed by atoms with E-state index in [1.54, 1.807) is 31.6 Å². The average molecular weight is 344 g/mol. The lowest BCUT2D eigenvalue weighted by Gasteiger charge is -2.17. The highest BCUT2D eigenvalue weighted by molar-refractivity contribution is 7.09. The van der Waals surface area contributed by atoms with Gasteiger partial charge >= 0.3 is 12.2 Å². The van der Waals surface area contributed by atoms with E-state index in [9.17, 15) is 18.0 Å². The zero-order chi connectivity index (χ0) is 16.9. The topological polar surface area (TPSA) is 58.1 Å². The molecule has 0 aliphatic carbocycles. The van der Waals surface area contributed by atoms with Gasteiger partial charge in [-0.1, -0.05) is 0 Å². The molecule has 0 fully saturated rings. The van der Waals surface area contributed by atoms with E-state index >= 15 is 0 Å². The Morgan fingerprint density at radius 1 is 1.35 bits per heavy atom. The first kappa shape index (κ1) is 17.2. The largest absolute Gasteiger partial charge is 0.434 e. The number of halogens is 3. The standard InChI is InChI=1S/C14H15F3N4OS/c1-21(8-10-2-5-18-6-3-10)13(22)19-7-4-12-20-11(9-23-12)14(15,16)17/h2-3,5-6,9H,4,7-8H2,1H3,(H,19,22). The summed E-state index contributed by atoms with van der Waals surface area (Å²) in [5, 5.41) is 3.98. The van der Waals surface area contributed by atoms with Crippen molar-refractivity contribution in [2.45, 2.75) is 19.1 Å². The van der Waals surface area contributed by atoms with Gasteiger partial charge in [0.1, 0.15) is 0 Å². The first-order valence-corrected chi connectivity index (χ1v) is 7.63. The maximum atomic E-state index is 12.4. The number of rotatable bonds is 5. The molecular weight excluding hydrogens is 329 g/mol. The van der Waals surface area contributed by atoms with E-state index in [2.05, 4.69) is 15.3 Å². The SMILES string of the molecule is CN(Cc1ccncc1)C(=O)NCCc1nc(C(F)(F)F)cs1. The Bertz CT molecular complexity index is 645. The lowest BCUT2D eigenvalue weighted by molar-refractivity contribution is -0.140. The van der Waals surface area contributed by atoms with Gasteiger partial charge in [-0.3, -0.25) is 4.98 Å². The van der Waals surface area contributed by atoms with Crippen molar-refractivity contribution in [2.75, 3.05) is 13.6 Å². The first-order valence-electron chi connectivity index (χ1n) is 6.75. The number of nitrogens with one attached hydrogen (secondary N) is 1. The smallest absolute Gasteiger partial charge is 0.338 e. The molecule has 1 N–H and O–H groups in total. The molecule has 0 radical (unpaired) electrons. The lowest BCUT2D eigenvalue weighted by atomic mass is 10.2. The van der Waals surface area contributed by atoms with E-state index in [0.29, 0.717) is 11.6 Å². The Morgan fingerprint density at radius 2 is 2.04 bits per heavy atom. The van der Waals surface area contributed by atoms with Crippen molar-refractivity contribution in [3.63, 3.8) is 0 Å². The number of pyridine rings is 1. The van der Waals surface area contributed by atoms with Gasteiger partial charge in [0.25, 0.3) is 0 Å². The molecule has 2 aromatic rings. The second-order valence-corrected chi connectivity index (χ2v) is 5.76. The predicted molar refractivity (Wildman–Crippen MR) is 79.9 cm³/mol. The third-order valence-electron chi connectivity index (χ3n) is 2.97. The molecule has 2 rings (SSSR count). The zero-order valence-corrected chi connectivity index (χ0v) is 13.1. The van der Waals surface area contributed by atoms with Crippen LogP contribution >= 0.6 is 11.3 Å². The summed E-state index contributed by atoms with van der Waals surface area (Å²) < 4.78 is 37.3. The Labute approximate surface area is 135 Å². The highest BCUT2D eigenvalue weighted by Gasteiger charge is 2.33. The fourth-order valence-corrected chi connectivity index (χ4v) is 2.61. The zero-order valence-electron chi connectivity index (χ0n) is 12.3. The van der Waals surface area contributed by atoms with Gasteiger partial charge in [0, 0.05) is 44.3 Å². The van der Waals surface area contributed by atoms with E-state index in [-0.39, 0.29) is 19.0 Å². The molecule has 0 aliphatic rings. The van der Waals surface area contributed by atoms with E-state index in [4.69, 9.17) is 0 Å². The number of aromatic nitrogens is 2. The number of thiazole rings is 1. The Morgan fingerprint density at radius 3 is 2.65 bits per heavy atom. The molecule has 0 spiro atoms. The number of hydrogen-bond donors (Lipinski definition) is 1. The molecule has 0 aromatic carbocycles. The number of amides is 2. The highest BCUT2D eigenvalue weighted by Crippen LogP contribution is 2.29. The van der Waals surface area contributed by atoms with Crippen molar-refractivity contribution >= 4 is 17.4 Å². The maximum absolute atomic E-state index is 12.4. The molecule has 124 valence electrons. The normalized spacial score (nSPS) is 11.3. The van der Waals surface area contributed by atoms with E-state index in [0.717, 1.165) is 22.3 Å². The Balaban J connectivity index is 1.77. The fraction of sp³-hybridized carbons (Fsp3) is 0.357. The predicted octanol–water partition coefficient (Wildman–Crippen LogP) is 2.94. The second kappa shape index (κ2) is 7.40. The minimum atomic E-state index is -4.43. The minimum Gasteiger partial charge on any atom is -0.338 e. The van der Waals surface area contributed by atoms with Gasteiger partial charge in [-0.15, -0.1) is 11.3 Å². The van der Waals surface area contributed by atoms with E-state index in [1.165, 1.54) is 4.90 Å². The van der Waals surface area contributed by atoms with Crippen LogP contribution in [0, 0.1) is 0 Å². The summed E-state index contributed by atoms with van der Waals surface area (Å²) in [6, 6.07) is 3.31. The molecule has 9 heteroatoms. The summed E-state index contributed by atoms with van der Waals surface area (Å²) in [5.41, 5.74) is 0.0472. The molecule has 0 saturated heterocycles. The second-order valence-electron chi connectivity index (χ2n) is 4.82. The van der Waals surface area contributed by atoms with Crippen molar-refractivity contribution in [3.8, 4) is 0 Å². The monoisotopic (exact) mass is 344 g/mol. The maximum Gasteiger partial charge on any atom is 0.434 e. The van der Waals surface area contributed by atoms with Crippen LogP contribution in [-0.2, 0) is 19.1 Å². The van der Waals surface area contributed by atoms with Crippen LogP contribution in [0.1, 0.15) is 16.3 Å². The summed E-state index contributed by atoms with van der Waals surface area (Å²) in [5.74, 6) is 0. The van der Waals surface area contributed by atoms with Gasteiger partial charge in [-0.05, 0) is 17.7 Å². The van der Waals surface area contributed by atoms with Crippen LogP contribution in [-0.4, -0.2) is 34.5 Å². The van der Waals surface area contributed by atoms with Crippen LogP contribution in [0.3, 0.4) is 0 Å². The van der Waals surface area contributed by atoms with Crippen molar-refractivity contribution in [2.24, 2.45) is 0 Å². The molecule has 5 nitrogen and oxygen atoms in total. The Hall–Kier alpha value is -2.16. The van der Waals surface area contributed by atoms with E-state index < -0.39 is 11.9 Å². The Kier molecular flexibility index (Phi) is 5.54. The van der Waals surface area contributed by atoms with Gasteiger partial charge in [0.2, 0.25) is 0 Å². The van der Waals surface area contributed by atoms with Gasteiger partial charge in [-0.25, -0.2) is 9.78 Å². The third-order valence-corrected chi connectivity index (χ3v) is 3.88. The molecule has 0 saturated carbocycles. The van der Waals surface area contributed by atoms with Crippen LogP contribution < -0.4 is 5.32 Å². The number of urea groups is 1. The fourth-order valence-electron chi connectivity index (χ4n) is 1.80. The first-order chi connectivity index (χ1) is 10.9. The summed E-state index contributed by atoms with van der Waals surface area (Å²) in [6.07, 6.45) is -0.887. The van der Waals surface area contributed by atoms with Gasteiger partial charge < -0.3 is 10.2 Å².